The molecule has 82 valence electrons. The minimum absolute atomic E-state index is 0.569. The Kier molecular flexibility index (Phi) is 2.42. The molecule has 0 aliphatic carbocycles. The first-order valence-electron chi connectivity index (χ1n) is 5.26. The summed E-state index contributed by atoms with van der Waals surface area (Å²) in [6.07, 6.45) is 1.87. The summed E-state index contributed by atoms with van der Waals surface area (Å²) < 4.78 is 1.76. The number of hydrogen-bond acceptors (Lipinski definition) is 3. The third kappa shape index (κ3) is 1.83. The van der Waals surface area contributed by atoms with Crippen LogP contribution in [0.4, 0.5) is 0 Å². The summed E-state index contributed by atoms with van der Waals surface area (Å²) in [5.74, 6) is 0.652. The maximum absolute atomic E-state index is 5.27. The molecule has 0 aliphatic heterocycles. The highest BCUT2D eigenvalue weighted by molar-refractivity contribution is 7.58. The molecule has 2 heterocycles. The summed E-state index contributed by atoms with van der Waals surface area (Å²) in [6.45, 7) is 0. The molecule has 4 heteroatoms. The monoisotopic (exact) mass is 239 g/mol. The van der Waals surface area contributed by atoms with Gasteiger partial charge >= 0.3 is 0 Å². The van der Waals surface area contributed by atoms with Crippen LogP contribution in [-0.4, -0.2) is 10.1 Å². The van der Waals surface area contributed by atoms with Crippen molar-refractivity contribution in [3.8, 4) is 11.4 Å². The fourth-order valence-electron chi connectivity index (χ4n) is 1.68. The van der Waals surface area contributed by atoms with Gasteiger partial charge in [0.2, 0.25) is 17.5 Å². The maximum atomic E-state index is 5.27. The minimum Gasteiger partial charge on any atom is -0.754 e. The van der Waals surface area contributed by atoms with E-state index in [0.717, 1.165) is 11.1 Å². The lowest BCUT2D eigenvalue weighted by molar-refractivity contribution is -0.582. The number of fused-ring (bicyclic) bond motifs is 1. The zero-order chi connectivity index (χ0) is 11.7. The van der Waals surface area contributed by atoms with Crippen LogP contribution < -0.4 is 4.52 Å². The molecule has 0 spiro atoms. The molecule has 3 rings (SSSR count). The first-order chi connectivity index (χ1) is 8.34. The van der Waals surface area contributed by atoms with Crippen LogP contribution in [0.25, 0.3) is 16.9 Å². The second kappa shape index (κ2) is 4.07. The zero-order valence-electron chi connectivity index (χ0n) is 8.95. The largest absolute Gasteiger partial charge is 0.754 e. The van der Waals surface area contributed by atoms with Gasteiger partial charge in [0.25, 0.3) is 0 Å². The topological polar surface area (TPSA) is 29.9 Å². The van der Waals surface area contributed by atoms with E-state index < -0.39 is 0 Å². The van der Waals surface area contributed by atoms with E-state index in [-0.39, 0.29) is 0 Å². The standard InChI is InChI=1S/C13H9N3S/c17-13-11-8-4-5-9-16(11)15-12(14-13)10-6-2-1-3-7-10/h1-9H. The summed E-state index contributed by atoms with van der Waals surface area (Å²) >= 11 is 5.27. The smallest absolute Gasteiger partial charge is 0.237 e. The number of aromatic nitrogens is 3. The van der Waals surface area contributed by atoms with Crippen molar-refractivity contribution in [3.05, 3.63) is 54.7 Å². The Morgan fingerprint density at radius 1 is 0.941 bits per heavy atom. The summed E-state index contributed by atoms with van der Waals surface area (Å²) in [6, 6.07) is 15.6. The number of rotatable bonds is 1. The van der Waals surface area contributed by atoms with E-state index >= 15 is 0 Å². The molecule has 3 nitrogen and oxygen atoms in total. The molecule has 17 heavy (non-hydrogen) atoms. The van der Waals surface area contributed by atoms with Crippen LogP contribution in [-0.2, 0) is 12.6 Å². The minimum atomic E-state index is 0.569. The second-order valence-electron chi connectivity index (χ2n) is 3.64. The number of nitrogens with zero attached hydrogens (tertiary/aromatic N) is 3. The van der Waals surface area contributed by atoms with Gasteiger partial charge in [-0.3, -0.25) is 0 Å². The lowest BCUT2D eigenvalue weighted by atomic mass is 10.2. The highest BCUT2D eigenvalue weighted by Crippen LogP contribution is 2.13. The Balaban J connectivity index is 2.26. The molecule has 0 amide bonds. The van der Waals surface area contributed by atoms with Crippen LogP contribution in [0.15, 0.2) is 59.8 Å². The van der Waals surface area contributed by atoms with E-state index in [1.165, 1.54) is 0 Å². The van der Waals surface area contributed by atoms with Crippen LogP contribution in [0, 0.1) is 0 Å². The normalized spacial score (nSPS) is 10.6. The molecule has 3 aromatic rings. The van der Waals surface area contributed by atoms with E-state index in [1.807, 2.05) is 54.7 Å². The molecule has 0 N–H and O–H groups in total. The Morgan fingerprint density at radius 3 is 2.53 bits per heavy atom. The Bertz CT molecular complexity index is 668. The second-order valence-corrected chi connectivity index (χ2v) is 4.02. The van der Waals surface area contributed by atoms with Gasteiger partial charge in [-0.25, -0.2) is 4.98 Å². The quantitative estimate of drug-likeness (QED) is 0.479. The lowest BCUT2D eigenvalue weighted by Crippen LogP contribution is -2.28. The van der Waals surface area contributed by atoms with Crippen molar-refractivity contribution in [2.75, 3.05) is 0 Å². The van der Waals surface area contributed by atoms with E-state index in [4.69, 9.17) is 12.6 Å². The highest BCUT2D eigenvalue weighted by Gasteiger charge is 2.09. The lowest BCUT2D eigenvalue weighted by Gasteiger charge is -2.05. The number of hydrogen-bond donors (Lipinski definition) is 0. The molecular formula is C13H9N3S. The van der Waals surface area contributed by atoms with Crippen molar-refractivity contribution in [1.29, 1.82) is 0 Å². The van der Waals surface area contributed by atoms with Crippen LogP contribution >= 0.6 is 0 Å². The molecule has 0 saturated carbocycles. The average molecular weight is 239 g/mol. The van der Waals surface area contributed by atoms with Crippen LogP contribution in [0.5, 0.6) is 0 Å². The van der Waals surface area contributed by atoms with E-state index in [0.29, 0.717) is 10.9 Å². The molecule has 0 aliphatic rings. The maximum Gasteiger partial charge on any atom is 0.237 e. The van der Waals surface area contributed by atoms with Gasteiger partial charge in [0, 0.05) is 22.8 Å². The van der Waals surface area contributed by atoms with Crippen LogP contribution in [0.3, 0.4) is 0 Å². The molecule has 0 bridgehead atoms. The van der Waals surface area contributed by atoms with Crippen molar-refractivity contribution < 1.29 is 4.52 Å². The summed E-state index contributed by atoms with van der Waals surface area (Å²) in [4.78, 5) is 4.35. The Hall–Kier alpha value is -2.07. The first kappa shape index (κ1) is 10.1. The first-order valence-corrected chi connectivity index (χ1v) is 5.66. The predicted molar refractivity (Wildman–Crippen MR) is 66.3 cm³/mol. The summed E-state index contributed by atoms with van der Waals surface area (Å²) in [7, 11) is 0. The summed E-state index contributed by atoms with van der Waals surface area (Å²) in [5, 5.41) is 5.01. The SMILES string of the molecule is [S-]c1nc(-c2ccccc2)n[n+]2ccccc12. The fraction of sp³-hybridized carbons (Fsp3) is 0. The van der Waals surface area contributed by atoms with Gasteiger partial charge in [-0.15, -0.1) is 0 Å². The van der Waals surface area contributed by atoms with Crippen molar-refractivity contribution in [3.63, 3.8) is 0 Å². The van der Waals surface area contributed by atoms with Crippen molar-refractivity contribution in [2.24, 2.45) is 0 Å². The molecule has 0 unspecified atom stereocenters. The third-order valence-electron chi connectivity index (χ3n) is 2.50. The predicted octanol–water partition coefficient (Wildman–Crippen LogP) is 1.79. The zero-order valence-corrected chi connectivity index (χ0v) is 9.76. The van der Waals surface area contributed by atoms with Crippen molar-refractivity contribution in [1.82, 2.24) is 10.1 Å². The highest BCUT2D eigenvalue weighted by atomic mass is 32.1. The van der Waals surface area contributed by atoms with E-state index in [2.05, 4.69) is 10.1 Å². The molecule has 0 radical (unpaired) electrons. The van der Waals surface area contributed by atoms with Gasteiger partial charge in [0.1, 0.15) is 0 Å². The summed E-state index contributed by atoms with van der Waals surface area (Å²) in [5.41, 5.74) is 1.82. The number of pyridine rings is 1. The van der Waals surface area contributed by atoms with Gasteiger partial charge < -0.3 is 12.6 Å². The Morgan fingerprint density at radius 2 is 1.71 bits per heavy atom. The molecule has 0 fully saturated rings. The fourth-order valence-corrected chi connectivity index (χ4v) is 1.93. The van der Waals surface area contributed by atoms with Gasteiger partial charge in [-0.05, 0) is 11.1 Å². The Labute approximate surface area is 104 Å². The average Bonchev–Trinajstić information content (AvgIpc) is 2.40. The molecule has 2 aromatic heterocycles. The molecule has 0 saturated heterocycles. The van der Waals surface area contributed by atoms with Crippen molar-refractivity contribution in [2.45, 2.75) is 5.03 Å². The third-order valence-corrected chi connectivity index (χ3v) is 2.80. The molecule has 1 aromatic carbocycles. The number of benzene rings is 1. The van der Waals surface area contributed by atoms with Crippen LogP contribution in [0.2, 0.25) is 0 Å². The van der Waals surface area contributed by atoms with Gasteiger partial charge in [0.05, 0.1) is 0 Å². The van der Waals surface area contributed by atoms with E-state index in [1.54, 1.807) is 4.52 Å². The molecule has 0 atom stereocenters. The van der Waals surface area contributed by atoms with Crippen LogP contribution in [0.1, 0.15) is 0 Å². The van der Waals surface area contributed by atoms with E-state index in [9.17, 15) is 0 Å². The van der Waals surface area contributed by atoms with Gasteiger partial charge in [-0.1, -0.05) is 34.8 Å². The van der Waals surface area contributed by atoms with Gasteiger partial charge in [-0.2, -0.15) is 0 Å². The van der Waals surface area contributed by atoms with Gasteiger partial charge in [0.15, 0.2) is 0 Å². The van der Waals surface area contributed by atoms with Crippen molar-refractivity contribution >= 4 is 18.1 Å². The molecular weight excluding hydrogens is 230 g/mol.